The van der Waals surface area contributed by atoms with Gasteiger partial charge in [0.1, 0.15) is 0 Å². The highest BCUT2D eigenvalue weighted by Gasteiger charge is 2.38. The second-order valence-electron chi connectivity index (χ2n) is 17.3. The van der Waals surface area contributed by atoms with Gasteiger partial charge in [-0.25, -0.2) is 29.2 Å². The highest BCUT2D eigenvalue weighted by molar-refractivity contribution is 6.44. The number of aryl methyl sites for hydroxylation is 2. The van der Waals surface area contributed by atoms with Gasteiger partial charge in [0.25, 0.3) is 58.4 Å². The summed E-state index contributed by atoms with van der Waals surface area (Å²) < 4.78 is 4.87. The van der Waals surface area contributed by atoms with Crippen LogP contribution in [0, 0.1) is 0 Å². The SMILES string of the molecule is O=C1C=CC(=O)N1c1cccc(N2C(=O)C=C(c3cn4c(=O)n(c3=O)CCCCCCCn3cc(C5=CC(=O)N(c6cccc(N7C(=O)C=CC7=O)c6)C5=O)c(=O)n(c3=O)CCCCCCC4)C2=O)c1. The van der Waals surface area contributed by atoms with E-state index in [1.807, 2.05) is 0 Å². The summed E-state index contributed by atoms with van der Waals surface area (Å²) in [5.41, 5.74) is -2.84. The third kappa shape index (κ3) is 8.58. The molecule has 2 aromatic carbocycles. The van der Waals surface area contributed by atoms with Gasteiger partial charge in [0.05, 0.1) is 45.0 Å². The monoisotopic (exact) mass is 948 g/mol. The maximum absolute atomic E-state index is 14.1. The van der Waals surface area contributed by atoms with E-state index in [9.17, 15) is 57.5 Å². The van der Waals surface area contributed by atoms with Crippen molar-refractivity contribution >= 4 is 81.2 Å². The van der Waals surface area contributed by atoms with Crippen molar-refractivity contribution in [2.45, 2.75) is 90.4 Å². The quantitative estimate of drug-likeness (QED) is 0.254. The van der Waals surface area contributed by atoms with E-state index in [1.165, 1.54) is 70.1 Å². The third-order valence-electron chi connectivity index (χ3n) is 12.8. The molecule has 2 aromatic heterocycles. The normalized spacial score (nSPS) is 18.5. The molecule has 0 unspecified atom stereocenters. The molecule has 8 amide bonds. The highest BCUT2D eigenvalue weighted by atomic mass is 16.2. The molecule has 0 saturated heterocycles. The number of hydrogen-bond acceptors (Lipinski definition) is 12. The van der Waals surface area contributed by atoms with Crippen LogP contribution in [0.5, 0.6) is 0 Å². The Morgan fingerprint density at radius 3 is 1.01 bits per heavy atom. The molecule has 7 heterocycles. The summed E-state index contributed by atoms with van der Waals surface area (Å²) in [4.78, 5) is 163. The van der Waals surface area contributed by atoms with Gasteiger partial charge in [-0.1, -0.05) is 50.7 Å². The van der Waals surface area contributed by atoms with Crippen LogP contribution in [0.15, 0.2) is 117 Å². The number of nitrogens with zero attached hydrogens (tertiary/aromatic N) is 8. The molecule has 0 atom stereocenters. The van der Waals surface area contributed by atoms with Crippen LogP contribution in [0.1, 0.15) is 75.3 Å². The van der Waals surface area contributed by atoms with E-state index in [4.69, 9.17) is 0 Å². The van der Waals surface area contributed by atoms with Crippen LogP contribution in [0.4, 0.5) is 22.7 Å². The molecule has 70 heavy (non-hydrogen) atoms. The molecule has 4 bridgehead atoms. The number of rotatable bonds is 6. The maximum atomic E-state index is 14.1. The van der Waals surface area contributed by atoms with Gasteiger partial charge < -0.3 is 0 Å². The summed E-state index contributed by atoms with van der Waals surface area (Å²) >= 11 is 0. The standard InChI is InChI=1S/C50H44N8O12/c59-39-17-18-40(60)55(39)31-13-11-15-33(25-31)57-43(63)27-35(47(57)67)37-29-51-21-7-3-1-5-9-23-53-45(65)38(30-52(50(53)70)22-8-4-2-6-10-24-54(46(37)66)49(51)69)36-28-44(64)58(48(36)68)34-16-12-14-32(26-34)56-41(61)19-20-42(56)62/h11-20,25-30H,1-10,21-24H2. The van der Waals surface area contributed by atoms with E-state index in [1.54, 1.807) is 0 Å². The van der Waals surface area contributed by atoms with Crippen LogP contribution < -0.4 is 42.1 Å². The van der Waals surface area contributed by atoms with E-state index < -0.39 is 69.8 Å². The first-order valence-electron chi connectivity index (χ1n) is 23.0. The van der Waals surface area contributed by atoms with Crippen LogP contribution in [0.3, 0.4) is 0 Å². The molecule has 9 rings (SSSR count). The Kier molecular flexibility index (Phi) is 12.7. The lowest BCUT2D eigenvalue weighted by Gasteiger charge is -2.19. The smallest absolute Gasteiger partial charge is 0.300 e. The van der Waals surface area contributed by atoms with Crippen molar-refractivity contribution in [3.63, 3.8) is 0 Å². The van der Waals surface area contributed by atoms with E-state index in [0.717, 1.165) is 65.2 Å². The first-order chi connectivity index (χ1) is 33.7. The Balaban J connectivity index is 0.914. The lowest BCUT2D eigenvalue weighted by Crippen LogP contribution is -2.42. The van der Waals surface area contributed by atoms with Crippen molar-refractivity contribution in [2.75, 3.05) is 19.6 Å². The molecule has 20 heteroatoms. The average molecular weight is 949 g/mol. The third-order valence-corrected chi connectivity index (χ3v) is 12.8. The molecule has 0 radical (unpaired) electrons. The maximum Gasteiger partial charge on any atom is 0.330 e. The molecule has 0 aliphatic carbocycles. The van der Waals surface area contributed by atoms with Gasteiger partial charge in [-0.05, 0) is 62.1 Å². The molecule has 0 N–H and O–H groups in total. The number of hydrogen-bond donors (Lipinski definition) is 0. The van der Waals surface area contributed by atoms with Crippen molar-refractivity contribution in [3.05, 3.63) is 150 Å². The number of carbonyl (C=O) groups is 8. The number of carbonyl (C=O) groups excluding carboxylic acids is 8. The van der Waals surface area contributed by atoms with Crippen molar-refractivity contribution in [1.29, 1.82) is 0 Å². The van der Waals surface area contributed by atoms with Gasteiger partial charge in [-0.3, -0.25) is 66.2 Å². The number of amides is 8. The Hall–Kier alpha value is -8.68. The number of aromatic nitrogens is 4. The lowest BCUT2D eigenvalue weighted by molar-refractivity contribution is -0.121. The minimum Gasteiger partial charge on any atom is -0.300 e. The number of anilines is 4. The van der Waals surface area contributed by atoms with Crippen molar-refractivity contribution in [1.82, 2.24) is 18.3 Å². The molecule has 0 fully saturated rings. The van der Waals surface area contributed by atoms with Gasteiger partial charge in [-0.2, -0.15) is 0 Å². The van der Waals surface area contributed by atoms with E-state index >= 15 is 0 Å². The van der Waals surface area contributed by atoms with E-state index in [-0.39, 0.29) is 71.2 Å². The van der Waals surface area contributed by atoms with Crippen LogP contribution in [0.2, 0.25) is 0 Å². The highest BCUT2D eigenvalue weighted by Crippen LogP contribution is 2.32. The fourth-order valence-electron chi connectivity index (χ4n) is 9.22. The minimum absolute atomic E-state index is 0.0152. The first kappa shape index (κ1) is 46.4. The summed E-state index contributed by atoms with van der Waals surface area (Å²) in [6.07, 6.45) is 14.4. The molecular formula is C50H44N8O12. The number of benzene rings is 2. The summed E-state index contributed by atoms with van der Waals surface area (Å²) in [6.45, 7) is 0.364. The summed E-state index contributed by atoms with van der Waals surface area (Å²) in [5.74, 6) is -5.47. The fraction of sp³-hybridized carbons (Fsp3) is 0.280. The number of imide groups is 4. The first-order valence-corrected chi connectivity index (χ1v) is 23.0. The Morgan fingerprint density at radius 1 is 0.343 bits per heavy atom. The molecule has 4 aromatic rings. The van der Waals surface area contributed by atoms with Crippen molar-refractivity contribution < 1.29 is 38.4 Å². The average Bonchev–Trinajstić information content (AvgIpc) is 4.05. The van der Waals surface area contributed by atoms with E-state index in [0.29, 0.717) is 64.2 Å². The molecule has 0 saturated carbocycles. The topological polar surface area (TPSA) is 238 Å². The molecule has 356 valence electrons. The minimum atomic E-state index is -0.817. The molecule has 0 spiro atoms. The van der Waals surface area contributed by atoms with Gasteiger partial charge in [0, 0.05) is 75.0 Å². The van der Waals surface area contributed by atoms with Gasteiger partial charge in [0.2, 0.25) is 0 Å². The zero-order valence-electron chi connectivity index (χ0n) is 37.6. The molecule has 5 aliphatic heterocycles. The van der Waals surface area contributed by atoms with Crippen LogP contribution in [-0.2, 0) is 64.5 Å². The molecular weight excluding hydrogens is 905 g/mol. The van der Waals surface area contributed by atoms with Crippen LogP contribution in [-0.4, -0.2) is 65.5 Å². The summed E-state index contributed by atoms with van der Waals surface area (Å²) in [7, 11) is 0. The van der Waals surface area contributed by atoms with Gasteiger partial charge in [-0.15, -0.1) is 0 Å². The predicted octanol–water partition coefficient (Wildman–Crippen LogP) is 2.72. The van der Waals surface area contributed by atoms with E-state index in [2.05, 4.69) is 0 Å². The van der Waals surface area contributed by atoms with Gasteiger partial charge >= 0.3 is 11.4 Å². The largest absolute Gasteiger partial charge is 0.330 e. The van der Waals surface area contributed by atoms with Crippen molar-refractivity contribution in [3.8, 4) is 0 Å². The van der Waals surface area contributed by atoms with Crippen LogP contribution >= 0.6 is 0 Å². The number of fused-ring (bicyclic) bond motifs is 4. The Bertz CT molecular complexity index is 3110. The molecule has 20 nitrogen and oxygen atoms in total. The Labute approximate surface area is 396 Å². The van der Waals surface area contributed by atoms with Crippen molar-refractivity contribution in [2.24, 2.45) is 0 Å². The second-order valence-corrected chi connectivity index (χ2v) is 17.3. The Morgan fingerprint density at radius 2 is 0.657 bits per heavy atom. The zero-order chi connectivity index (χ0) is 49.4. The lowest BCUT2D eigenvalue weighted by atomic mass is 10.1. The van der Waals surface area contributed by atoms with Crippen LogP contribution in [0.25, 0.3) is 11.1 Å². The predicted molar refractivity (Wildman–Crippen MR) is 253 cm³/mol. The molecule has 5 aliphatic rings. The zero-order valence-corrected chi connectivity index (χ0v) is 37.6. The summed E-state index contributed by atoms with van der Waals surface area (Å²) in [5, 5.41) is 0. The summed E-state index contributed by atoms with van der Waals surface area (Å²) in [6, 6.07) is 11.6. The van der Waals surface area contributed by atoms with Gasteiger partial charge in [0.15, 0.2) is 0 Å². The fourth-order valence-corrected chi connectivity index (χ4v) is 9.22. The second kappa shape index (κ2) is 19.1.